The average molecular weight is 333 g/mol. The van der Waals surface area contributed by atoms with Crippen LogP contribution in [0.5, 0.6) is 5.75 Å². The first-order valence-corrected chi connectivity index (χ1v) is 8.26. The lowest BCUT2D eigenvalue weighted by Gasteiger charge is -2.35. The maximum absolute atomic E-state index is 12.5. The number of carbonyl (C=O) groups is 2. The first-order chi connectivity index (χ1) is 11.3. The van der Waals surface area contributed by atoms with E-state index in [2.05, 4.69) is 26.1 Å². The first-order valence-electron chi connectivity index (χ1n) is 8.26. The minimum absolute atomic E-state index is 0.00703. The summed E-state index contributed by atoms with van der Waals surface area (Å²) in [4.78, 5) is 28.2. The van der Waals surface area contributed by atoms with E-state index < -0.39 is 0 Å². The molecule has 6 nitrogen and oxygen atoms in total. The molecule has 0 saturated carbocycles. The van der Waals surface area contributed by atoms with E-state index in [9.17, 15) is 9.59 Å². The molecule has 0 spiro atoms. The number of rotatable bonds is 3. The van der Waals surface area contributed by atoms with E-state index in [0.29, 0.717) is 38.3 Å². The summed E-state index contributed by atoms with van der Waals surface area (Å²) in [5, 5.41) is 2.95. The van der Waals surface area contributed by atoms with E-state index in [1.807, 2.05) is 0 Å². The number of hydrogen-bond donors (Lipinski definition) is 1. The number of nitrogens with zero attached hydrogens (tertiary/aromatic N) is 2. The summed E-state index contributed by atoms with van der Waals surface area (Å²) in [7, 11) is 1.60. The van der Waals surface area contributed by atoms with Crippen molar-refractivity contribution in [3.8, 4) is 5.75 Å². The van der Waals surface area contributed by atoms with Crippen LogP contribution >= 0.6 is 0 Å². The molecule has 0 bridgehead atoms. The van der Waals surface area contributed by atoms with Crippen LogP contribution in [0.25, 0.3) is 0 Å². The molecule has 1 aliphatic heterocycles. The molecule has 0 aromatic heterocycles. The molecule has 1 N–H and O–H groups in total. The van der Waals surface area contributed by atoms with E-state index in [-0.39, 0.29) is 17.4 Å². The fraction of sp³-hybridized carbons (Fsp3) is 0.556. The molecule has 1 aromatic rings. The van der Waals surface area contributed by atoms with E-state index in [4.69, 9.17) is 4.74 Å². The lowest BCUT2D eigenvalue weighted by Crippen LogP contribution is -2.53. The molecule has 1 fully saturated rings. The molecule has 0 atom stereocenters. The Morgan fingerprint density at radius 3 is 2.08 bits per heavy atom. The molecule has 24 heavy (non-hydrogen) atoms. The van der Waals surface area contributed by atoms with Crippen molar-refractivity contribution < 1.29 is 14.3 Å². The van der Waals surface area contributed by atoms with Gasteiger partial charge in [-0.05, 0) is 29.7 Å². The molecule has 1 aliphatic rings. The molecule has 3 amide bonds. The number of carbonyl (C=O) groups excluding carboxylic acids is 2. The van der Waals surface area contributed by atoms with Crippen LogP contribution in [0, 0.1) is 5.41 Å². The molecule has 1 saturated heterocycles. The highest BCUT2D eigenvalue weighted by molar-refractivity contribution is 5.94. The Kier molecular flexibility index (Phi) is 5.70. The third-order valence-corrected chi connectivity index (χ3v) is 3.96. The molecule has 2 rings (SSSR count). The normalized spacial score (nSPS) is 15.2. The van der Waals surface area contributed by atoms with E-state index in [1.54, 1.807) is 41.2 Å². The van der Waals surface area contributed by atoms with Crippen molar-refractivity contribution in [2.75, 3.05) is 39.8 Å². The summed E-state index contributed by atoms with van der Waals surface area (Å²) < 4.78 is 5.11. The number of hydrogen-bond acceptors (Lipinski definition) is 3. The number of ether oxygens (including phenoxy) is 1. The number of methoxy groups -OCH3 is 1. The summed E-state index contributed by atoms with van der Waals surface area (Å²) in [5.41, 5.74) is 0.698. The standard InChI is InChI=1S/C18H27N3O3/c1-18(2,3)13-19-17(23)21-11-9-20(10-12-21)16(22)14-5-7-15(24-4)8-6-14/h5-8H,9-13H2,1-4H3,(H,19,23). The number of amides is 3. The van der Waals surface area contributed by atoms with Gasteiger partial charge in [-0.15, -0.1) is 0 Å². The number of piperazine rings is 1. The summed E-state index contributed by atoms with van der Waals surface area (Å²) in [5.74, 6) is 0.722. The third kappa shape index (κ3) is 4.88. The maximum Gasteiger partial charge on any atom is 0.317 e. The van der Waals surface area contributed by atoms with Gasteiger partial charge < -0.3 is 19.9 Å². The van der Waals surface area contributed by atoms with Gasteiger partial charge in [-0.2, -0.15) is 0 Å². The van der Waals surface area contributed by atoms with Crippen LogP contribution in [0.3, 0.4) is 0 Å². The molecule has 6 heteroatoms. The van der Waals surface area contributed by atoms with Gasteiger partial charge >= 0.3 is 6.03 Å². The minimum Gasteiger partial charge on any atom is -0.497 e. The van der Waals surface area contributed by atoms with Gasteiger partial charge in [0, 0.05) is 38.3 Å². The predicted molar refractivity (Wildman–Crippen MR) is 93.3 cm³/mol. The van der Waals surface area contributed by atoms with Gasteiger partial charge in [0.2, 0.25) is 0 Å². The van der Waals surface area contributed by atoms with Crippen molar-refractivity contribution in [1.29, 1.82) is 0 Å². The molecular formula is C18H27N3O3. The molecule has 132 valence electrons. The van der Waals surface area contributed by atoms with Gasteiger partial charge in [0.05, 0.1) is 7.11 Å². The Bertz CT molecular complexity index is 570. The zero-order valence-electron chi connectivity index (χ0n) is 15.0. The highest BCUT2D eigenvalue weighted by Gasteiger charge is 2.25. The maximum atomic E-state index is 12.5. The van der Waals surface area contributed by atoms with Crippen molar-refractivity contribution in [1.82, 2.24) is 15.1 Å². The molecule has 0 aliphatic carbocycles. The number of nitrogens with one attached hydrogen (secondary N) is 1. The Morgan fingerprint density at radius 1 is 1.04 bits per heavy atom. The summed E-state index contributed by atoms with van der Waals surface area (Å²) in [6.07, 6.45) is 0. The summed E-state index contributed by atoms with van der Waals surface area (Å²) >= 11 is 0. The smallest absolute Gasteiger partial charge is 0.317 e. The molecule has 1 heterocycles. The highest BCUT2D eigenvalue weighted by Crippen LogP contribution is 2.15. The highest BCUT2D eigenvalue weighted by atomic mass is 16.5. The Morgan fingerprint density at radius 2 is 1.58 bits per heavy atom. The van der Waals surface area contributed by atoms with Gasteiger partial charge in [0.1, 0.15) is 5.75 Å². The molecule has 0 radical (unpaired) electrons. The average Bonchev–Trinajstić information content (AvgIpc) is 2.58. The topological polar surface area (TPSA) is 61.9 Å². The van der Waals surface area contributed by atoms with E-state index in [1.165, 1.54) is 0 Å². The second-order valence-corrected chi connectivity index (χ2v) is 7.23. The van der Waals surface area contributed by atoms with Gasteiger partial charge in [-0.25, -0.2) is 4.79 Å². The SMILES string of the molecule is COc1ccc(C(=O)N2CCN(C(=O)NCC(C)(C)C)CC2)cc1. The van der Waals surface area contributed by atoms with Crippen LogP contribution < -0.4 is 10.1 Å². The van der Waals surface area contributed by atoms with Crippen LogP contribution in [-0.4, -0.2) is 61.6 Å². The molecule has 0 unspecified atom stereocenters. The Hall–Kier alpha value is -2.24. The fourth-order valence-corrected chi connectivity index (χ4v) is 2.48. The fourth-order valence-electron chi connectivity index (χ4n) is 2.48. The monoisotopic (exact) mass is 333 g/mol. The second-order valence-electron chi connectivity index (χ2n) is 7.23. The predicted octanol–water partition coefficient (Wildman–Crippen LogP) is 2.21. The van der Waals surface area contributed by atoms with Gasteiger partial charge in [0.25, 0.3) is 5.91 Å². The quantitative estimate of drug-likeness (QED) is 0.922. The third-order valence-electron chi connectivity index (χ3n) is 3.96. The van der Waals surface area contributed by atoms with Crippen LogP contribution in [0.4, 0.5) is 4.79 Å². The van der Waals surface area contributed by atoms with Crippen molar-refractivity contribution in [2.24, 2.45) is 5.41 Å². The van der Waals surface area contributed by atoms with Crippen molar-refractivity contribution in [3.05, 3.63) is 29.8 Å². The summed E-state index contributed by atoms with van der Waals surface area (Å²) in [6, 6.07) is 7.04. The van der Waals surface area contributed by atoms with Crippen molar-refractivity contribution in [3.63, 3.8) is 0 Å². The number of urea groups is 1. The second kappa shape index (κ2) is 7.55. The van der Waals surface area contributed by atoms with Crippen molar-refractivity contribution >= 4 is 11.9 Å². The van der Waals surface area contributed by atoms with Crippen LogP contribution in [0.2, 0.25) is 0 Å². The summed E-state index contributed by atoms with van der Waals surface area (Å²) in [6.45, 7) is 9.09. The zero-order valence-corrected chi connectivity index (χ0v) is 15.0. The van der Waals surface area contributed by atoms with Gasteiger partial charge in [-0.1, -0.05) is 20.8 Å². The Balaban J connectivity index is 1.85. The first kappa shape index (κ1) is 18.1. The van der Waals surface area contributed by atoms with Crippen LogP contribution in [-0.2, 0) is 0 Å². The van der Waals surface area contributed by atoms with Gasteiger partial charge in [0.15, 0.2) is 0 Å². The molecule has 1 aromatic carbocycles. The van der Waals surface area contributed by atoms with Crippen LogP contribution in [0.1, 0.15) is 31.1 Å². The van der Waals surface area contributed by atoms with E-state index in [0.717, 1.165) is 5.75 Å². The molecular weight excluding hydrogens is 306 g/mol. The Labute approximate surface area is 143 Å². The van der Waals surface area contributed by atoms with Crippen LogP contribution in [0.15, 0.2) is 24.3 Å². The van der Waals surface area contributed by atoms with E-state index >= 15 is 0 Å². The van der Waals surface area contributed by atoms with Crippen molar-refractivity contribution in [2.45, 2.75) is 20.8 Å². The van der Waals surface area contributed by atoms with Gasteiger partial charge in [-0.3, -0.25) is 4.79 Å². The lowest BCUT2D eigenvalue weighted by molar-refractivity contribution is 0.0664. The lowest BCUT2D eigenvalue weighted by atomic mass is 9.97. The minimum atomic E-state index is -0.0542. The largest absolute Gasteiger partial charge is 0.497 e. The number of benzene rings is 1. The zero-order chi connectivity index (χ0) is 17.7.